The summed E-state index contributed by atoms with van der Waals surface area (Å²) in [5.41, 5.74) is 2.99. The minimum absolute atomic E-state index is 0.0178. The zero-order valence-electron chi connectivity index (χ0n) is 24.2. The molecule has 2 heterocycles. The molecular formula is C33H27N5O6. The third-order valence-electron chi connectivity index (χ3n) is 7.29. The number of methoxy groups -OCH3 is 2. The summed E-state index contributed by atoms with van der Waals surface area (Å²) in [6.45, 7) is 1.57. The lowest BCUT2D eigenvalue weighted by molar-refractivity contribution is -0.384. The highest BCUT2D eigenvalue weighted by Gasteiger charge is 2.35. The lowest BCUT2D eigenvalue weighted by atomic mass is 9.93. The maximum Gasteiger partial charge on any atom is 0.271 e. The van der Waals surface area contributed by atoms with Crippen LogP contribution in [0.3, 0.4) is 0 Å². The van der Waals surface area contributed by atoms with Gasteiger partial charge >= 0.3 is 0 Å². The summed E-state index contributed by atoms with van der Waals surface area (Å²) in [6.07, 6.45) is 3.59. The van der Waals surface area contributed by atoms with Crippen molar-refractivity contribution in [2.75, 3.05) is 20.8 Å². The largest absolute Gasteiger partial charge is 0.493 e. The summed E-state index contributed by atoms with van der Waals surface area (Å²) in [7, 11) is 3.05. The van der Waals surface area contributed by atoms with Crippen LogP contribution in [0.15, 0.2) is 95.7 Å². The fourth-order valence-electron chi connectivity index (χ4n) is 4.96. The number of para-hydroxylation sites is 1. The molecule has 44 heavy (non-hydrogen) atoms. The number of hydrogen-bond acceptors (Lipinski definition) is 8. The van der Waals surface area contributed by atoms with E-state index in [4.69, 9.17) is 14.6 Å². The molecule has 5 rings (SSSR count). The van der Waals surface area contributed by atoms with Crippen molar-refractivity contribution < 1.29 is 24.0 Å². The minimum Gasteiger partial charge on any atom is -0.493 e. The molecule has 1 aromatic heterocycles. The Balaban J connectivity index is 1.58. The van der Waals surface area contributed by atoms with Gasteiger partial charge in [0.05, 0.1) is 24.8 Å². The van der Waals surface area contributed by atoms with Crippen LogP contribution in [0.5, 0.6) is 11.5 Å². The van der Waals surface area contributed by atoms with Crippen LogP contribution in [-0.4, -0.2) is 52.2 Å². The van der Waals surface area contributed by atoms with Crippen LogP contribution in [0.1, 0.15) is 18.1 Å². The fourth-order valence-corrected chi connectivity index (χ4v) is 4.96. The quantitative estimate of drug-likeness (QED) is 0.111. The van der Waals surface area contributed by atoms with E-state index in [1.165, 1.54) is 26.4 Å². The molecule has 0 spiro atoms. The summed E-state index contributed by atoms with van der Waals surface area (Å²) in [6, 6.07) is 22.6. The molecule has 1 aliphatic heterocycles. The highest BCUT2D eigenvalue weighted by molar-refractivity contribution is 6.19. The number of nitro groups is 1. The molecule has 3 aromatic carbocycles. The maximum absolute atomic E-state index is 13.9. The summed E-state index contributed by atoms with van der Waals surface area (Å²) < 4.78 is 12.3. The Morgan fingerprint density at radius 1 is 0.977 bits per heavy atom. The molecule has 220 valence electrons. The minimum atomic E-state index is -0.675. The van der Waals surface area contributed by atoms with Crippen LogP contribution >= 0.6 is 0 Å². The van der Waals surface area contributed by atoms with E-state index in [1.807, 2.05) is 42.5 Å². The van der Waals surface area contributed by atoms with E-state index in [0.29, 0.717) is 34.7 Å². The normalized spacial score (nSPS) is 14.1. The number of amides is 2. The van der Waals surface area contributed by atoms with Crippen LogP contribution in [0.2, 0.25) is 0 Å². The number of carbonyl (C=O) groups is 2. The van der Waals surface area contributed by atoms with E-state index in [-0.39, 0.29) is 29.0 Å². The van der Waals surface area contributed by atoms with Gasteiger partial charge in [-0.25, -0.2) is 4.68 Å². The van der Waals surface area contributed by atoms with Crippen molar-refractivity contribution in [3.8, 4) is 34.5 Å². The summed E-state index contributed by atoms with van der Waals surface area (Å²) in [5, 5.41) is 26.1. The average molecular weight is 590 g/mol. The Bertz CT molecular complexity index is 1880. The van der Waals surface area contributed by atoms with Crippen LogP contribution in [0.4, 0.5) is 5.69 Å². The third kappa shape index (κ3) is 5.69. The molecule has 0 N–H and O–H groups in total. The number of imide groups is 1. The molecule has 4 aromatic rings. The van der Waals surface area contributed by atoms with Gasteiger partial charge in [0.25, 0.3) is 17.5 Å². The molecule has 0 unspecified atom stereocenters. The number of nitrogens with zero attached hydrogens (tertiary/aromatic N) is 5. The van der Waals surface area contributed by atoms with Crippen molar-refractivity contribution in [1.82, 2.24) is 14.7 Å². The van der Waals surface area contributed by atoms with Crippen LogP contribution in [0, 0.1) is 21.4 Å². The number of hydrogen-bond donors (Lipinski definition) is 0. The van der Waals surface area contributed by atoms with Gasteiger partial charge in [-0.15, -0.1) is 0 Å². The van der Waals surface area contributed by atoms with E-state index in [0.717, 1.165) is 16.2 Å². The standard InChI is InChI=1S/C33H27N5O6/c1-21-27(32(39)36(33(40)28(21)19-34)15-14-22-12-13-29(43-2)30(16-22)44-3)18-24-20-37(25-9-5-4-6-10-25)35-31(24)23-8-7-11-26(17-23)38(41)42/h4-13,16-18,20H,14-15H2,1-3H3/b27-18+. The second kappa shape index (κ2) is 12.5. The van der Waals surface area contributed by atoms with Crippen LogP contribution in [0.25, 0.3) is 23.0 Å². The van der Waals surface area contributed by atoms with Gasteiger partial charge in [0.1, 0.15) is 17.3 Å². The predicted octanol–water partition coefficient (Wildman–Crippen LogP) is 5.30. The fraction of sp³-hybridized carbons (Fsp3) is 0.152. The first-order valence-corrected chi connectivity index (χ1v) is 13.6. The van der Waals surface area contributed by atoms with Crippen molar-refractivity contribution >= 4 is 23.6 Å². The van der Waals surface area contributed by atoms with Crippen LogP contribution in [-0.2, 0) is 16.0 Å². The van der Waals surface area contributed by atoms with Crippen molar-refractivity contribution in [3.63, 3.8) is 0 Å². The van der Waals surface area contributed by atoms with E-state index < -0.39 is 16.7 Å². The Labute approximate surface area is 253 Å². The maximum atomic E-state index is 13.9. The number of nitriles is 1. The van der Waals surface area contributed by atoms with Crippen molar-refractivity contribution in [2.45, 2.75) is 13.3 Å². The van der Waals surface area contributed by atoms with Gasteiger partial charge in [-0.1, -0.05) is 36.4 Å². The highest BCUT2D eigenvalue weighted by Crippen LogP contribution is 2.33. The SMILES string of the molecule is COc1ccc(CCN2C(=O)C(C#N)=C(C)/C(=C\c3cn(-c4ccccc4)nc3-c3cccc([N+](=O)[O-])c3)C2=O)cc1OC. The first-order valence-electron chi connectivity index (χ1n) is 13.6. The Morgan fingerprint density at radius 2 is 1.73 bits per heavy atom. The number of nitro benzene ring substituents is 1. The van der Waals surface area contributed by atoms with Crippen molar-refractivity contribution in [1.29, 1.82) is 5.26 Å². The first-order chi connectivity index (χ1) is 21.2. The molecule has 0 fully saturated rings. The third-order valence-corrected chi connectivity index (χ3v) is 7.29. The summed E-state index contributed by atoms with van der Waals surface area (Å²) >= 11 is 0. The van der Waals surface area contributed by atoms with Gasteiger partial charge < -0.3 is 9.47 Å². The monoisotopic (exact) mass is 589 g/mol. The summed E-state index contributed by atoms with van der Waals surface area (Å²) in [5.74, 6) is -0.178. The van der Waals surface area contributed by atoms with E-state index in [1.54, 1.807) is 48.1 Å². The van der Waals surface area contributed by atoms with Gasteiger partial charge in [-0.2, -0.15) is 10.4 Å². The first kappa shape index (κ1) is 29.5. The van der Waals surface area contributed by atoms with E-state index in [2.05, 4.69) is 0 Å². The summed E-state index contributed by atoms with van der Waals surface area (Å²) in [4.78, 5) is 39.2. The molecule has 1 aliphatic rings. The molecule has 0 saturated heterocycles. The smallest absolute Gasteiger partial charge is 0.271 e. The highest BCUT2D eigenvalue weighted by atomic mass is 16.6. The lowest BCUT2D eigenvalue weighted by Crippen LogP contribution is -2.43. The number of carbonyl (C=O) groups excluding carboxylic acids is 2. The second-order valence-electron chi connectivity index (χ2n) is 9.89. The van der Waals surface area contributed by atoms with Gasteiger partial charge in [-0.3, -0.25) is 24.6 Å². The molecule has 2 amide bonds. The molecule has 11 nitrogen and oxygen atoms in total. The molecule has 11 heteroatoms. The molecule has 0 radical (unpaired) electrons. The number of rotatable bonds is 9. The second-order valence-corrected chi connectivity index (χ2v) is 9.89. The van der Waals surface area contributed by atoms with Gasteiger partial charge in [-0.05, 0) is 54.8 Å². The van der Waals surface area contributed by atoms with Gasteiger partial charge in [0.2, 0.25) is 0 Å². The lowest BCUT2D eigenvalue weighted by Gasteiger charge is -2.27. The number of ether oxygens (including phenoxy) is 2. The Hall–Kier alpha value is -6.02. The molecule has 0 saturated carbocycles. The molecular weight excluding hydrogens is 562 g/mol. The number of benzene rings is 3. The molecule has 0 aliphatic carbocycles. The average Bonchev–Trinajstić information content (AvgIpc) is 3.47. The van der Waals surface area contributed by atoms with Gasteiger partial charge in [0, 0.05) is 41.6 Å². The Kier molecular flexibility index (Phi) is 8.35. The van der Waals surface area contributed by atoms with Crippen LogP contribution < -0.4 is 9.47 Å². The van der Waals surface area contributed by atoms with E-state index in [9.17, 15) is 25.0 Å². The zero-order chi connectivity index (χ0) is 31.4. The molecule has 0 bridgehead atoms. The molecule has 0 atom stereocenters. The predicted molar refractivity (Wildman–Crippen MR) is 162 cm³/mol. The number of aromatic nitrogens is 2. The topological polar surface area (TPSA) is 141 Å². The number of non-ortho nitro benzene ring substituents is 1. The van der Waals surface area contributed by atoms with Gasteiger partial charge in [0.15, 0.2) is 11.5 Å². The Morgan fingerprint density at radius 3 is 2.41 bits per heavy atom. The van der Waals surface area contributed by atoms with Crippen molar-refractivity contribution in [3.05, 3.63) is 117 Å². The van der Waals surface area contributed by atoms with E-state index >= 15 is 0 Å². The zero-order valence-corrected chi connectivity index (χ0v) is 24.2. The van der Waals surface area contributed by atoms with Crippen molar-refractivity contribution in [2.24, 2.45) is 0 Å².